The van der Waals surface area contributed by atoms with E-state index in [-0.39, 0.29) is 28.9 Å². The molecular formula is C10H15Cl2FN2O2S. The topological polar surface area (TPSA) is 72.2 Å². The third-order valence-electron chi connectivity index (χ3n) is 2.10. The molecule has 0 aliphatic rings. The maximum absolute atomic E-state index is 13.0. The van der Waals surface area contributed by atoms with E-state index in [4.69, 9.17) is 17.3 Å². The Morgan fingerprint density at radius 2 is 2.00 bits per heavy atom. The molecule has 0 aliphatic carbocycles. The van der Waals surface area contributed by atoms with Crippen LogP contribution in [-0.2, 0) is 10.0 Å². The fourth-order valence-electron chi connectivity index (χ4n) is 1.14. The first-order valence-corrected chi connectivity index (χ1v) is 6.73. The number of nitrogens with two attached hydrogens (primary N) is 1. The van der Waals surface area contributed by atoms with Crippen LogP contribution in [0.4, 0.5) is 4.39 Å². The molecule has 0 unspecified atom stereocenters. The largest absolute Gasteiger partial charge is 0.329 e. The summed E-state index contributed by atoms with van der Waals surface area (Å²) in [5, 5.41) is -0.0354. The number of nitrogens with one attached hydrogen (secondary N) is 1. The molecule has 8 heteroatoms. The quantitative estimate of drug-likeness (QED) is 0.891. The van der Waals surface area contributed by atoms with Crippen LogP contribution in [0.25, 0.3) is 0 Å². The van der Waals surface area contributed by atoms with Crippen molar-refractivity contribution in [1.29, 1.82) is 0 Å². The first kappa shape index (κ1) is 17.6. The van der Waals surface area contributed by atoms with Crippen molar-refractivity contribution < 1.29 is 12.8 Å². The molecule has 104 valence electrons. The van der Waals surface area contributed by atoms with Crippen LogP contribution >= 0.6 is 24.0 Å². The number of benzene rings is 1. The summed E-state index contributed by atoms with van der Waals surface area (Å²) < 4.78 is 39.3. The number of halogens is 3. The van der Waals surface area contributed by atoms with E-state index in [2.05, 4.69) is 4.72 Å². The maximum Gasteiger partial charge on any atom is 0.242 e. The summed E-state index contributed by atoms with van der Waals surface area (Å²) in [6, 6.07) is 3.16. The van der Waals surface area contributed by atoms with Gasteiger partial charge in [0.25, 0.3) is 0 Å². The molecule has 0 bridgehead atoms. The Balaban J connectivity index is 0.00000289. The Morgan fingerprint density at radius 3 is 2.50 bits per heavy atom. The van der Waals surface area contributed by atoms with Crippen LogP contribution in [0.1, 0.15) is 13.8 Å². The molecule has 0 spiro atoms. The third kappa shape index (κ3) is 4.37. The van der Waals surface area contributed by atoms with E-state index in [0.717, 1.165) is 12.1 Å². The number of rotatable bonds is 4. The summed E-state index contributed by atoms with van der Waals surface area (Å²) in [5.74, 6) is -0.666. The van der Waals surface area contributed by atoms with Crippen LogP contribution in [0.3, 0.4) is 0 Å². The van der Waals surface area contributed by atoms with Gasteiger partial charge in [-0.15, -0.1) is 12.4 Å². The number of hydrogen-bond acceptors (Lipinski definition) is 3. The van der Waals surface area contributed by atoms with Gasteiger partial charge < -0.3 is 5.73 Å². The van der Waals surface area contributed by atoms with Gasteiger partial charge >= 0.3 is 0 Å². The molecule has 0 heterocycles. The lowest BCUT2D eigenvalue weighted by Gasteiger charge is -2.24. The predicted octanol–water partition coefficient (Wildman–Crippen LogP) is 1.92. The van der Waals surface area contributed by atoms with Crippen molar-refractivity contribution in [2.24, 2.45) is 5.73 Å². The first-order chi connectivity index (χ1) is 7.68. The van der Waals surface area contributed by atoms with Crippen LogP contribution in [0.5, 0.6) is 0 Å². The Hall–Kier alpha value is -0.400. The Labute approximate surface area is 117 Å². The third-order valence-corrected chi connectivity index (χ3v) is 4.28. The zero-order chi connectivity index (χ0) is 13.3. The second-order valence-electron chi connectivity index (χ2n) is 4.27. The minimum atomic E-state index is -3.89. The van der Waals surface area contributed by atoms with Gasteiger partial charge in [-0.2, -0.15) is 0 Å². The molecule has 3 N–H and O–H groups in total. The zero-order valence-corrected chi connectivity index (χ0v) is 12.3. The molecule has 18 heavy (non-hydrogen) atoms. The van der Waals surface area contributed by atoms with Crippen LogP contribution in [0.15, 0.2) is 23.1 Å². The van der Waals surface area contributed by atoms with E-state index in [0.29, 0.717) is 0 Å². The molecule has 0 aromatic heterocycles. The van der Waals surface area contributed by atoms with Crippen molar-refractivity contribution in [2.75, 3.05) is 6.54 Å². The second kappa shape index (κ2) is 6.16. The molecule has 0 fully saturated rings. The average molecular weight is 317 g/mol. The van der Waals surface area contributed by atoms with Crippen LogP contribution in [0.2, 0.25) is 5.02 Å². The van der Waals surface area contributed by atoms with E-state index >= 15 is 0 Å². The highest BCUT2D eigenvalue weighted by Crippen LogP contribution is 2.23. The SMILES string of the molecule is CC(C)(CN)NS(=O)(=O)c1cc(F)ccc1Cl.Cl. The average Bonchev–Trinajstić information content (AvgIpc) is 2.20. The molecule has 0 atom stereocenters. The summed E-state index contributed by atoms with van der Waals surface area (Å²) in [4.78, 5) is -0.291. The standard InChI is InChI=1S/C10H14ClFN2O2S.ClH/c1-10(2,6-13)14-17(15,16)9-5-7(12)3-4-8(9)11;/h3-5,14H,6,13H2,1-2H3;1H. The van der Waals surface area contributed by atoms with Gasteiger partial charge in [0, 0.05) is 12.1 Å². The molecule has 0 radical (unpaired) electrons. The van der Waals surface area contributed by atoms with Crippen LogP contribution in [-0.4, -0.2) is 20.5 Å². The number of hydrogen-bond donors (Lipinski definition) is 2. The highest BCUT2D eigenvalue weighted by atomic mass is 35.5. The smallest absolute Gasteiger partial charge is 0.242 e. The van der Waals surface area contributed by atoms with Gasteiger partial charge in [0.05, 0.1) is 5.02 Å². The molecule has 1 rings (SSSR count). The zero-order valence-electron chi connectivity index (χ0n) is 9.91. The minimum Gasteiger partial charge on any atom is -0.329 e. The Bertz CT molecular complexity index is 521. The summed E-state index contributed by atoms with van der Waals surface area (Å²) in [5.41, 5.74) is 4.60. The molecule has 1 aromatic carbocycles. The molecular weight excluding hydrogens is 302 g/mol. The van der Waals surface area contributed by atoms with E-state index in [1.807, 2.05) is 0 Å². The van der Waals surface area contributed by atoms with E-state index in [9.17, 15) is 12.8 Å². The Morgan fingerprint density at radius 1 is 1.44 bits per heavy atom. The normalized spacial score (nSPS) is 12.1. The van der Waals surface area contributed by atoms with E-state index < -0.39 is 21.4 Å². The van der Waals surface area contributed by atoms with Crippen LogP contribution < -0.4 is 10.5 Å². The van der Waals surface area contributed by atoms with Gasteiger partial charge in [-0.25, -0.2) is 17.5 Å². The lowest BCUT2D eigenvalue weighted by Crippen LogP contribution is -2.48. The van der Waals surface area contributed by atoms with Crippen molar-refractivity contribution in [2.45, 2.75) is 24.3 Å². The van der Waals surface area contributed by atoms with Crippen molar-refractivity contribution in [1.82, 2.24) is 4.72 Å². The fraction of sp³-hybridized carbons (Fsp3) is 0.400. The monoisotopic (exact) mass is 316 g/mol. The lowest BCUT2D eigenvalue weighted by atomic mass is 10.1. The van der Waals surface area contributed by atoms with E-state index in [1.54, 1.807) is 13.8 Å². The Kier molecular flexibility index (Phi) is 6.03. The summed E-state index contributed by atoms with van der Waals surface area (Å²) in [6.07, 6.45) is 0. The second-order valence-corrected chi connectivity index (χ2v) is 6.33. The van der Waals surface area contributed by atoms with Gasteiger partial charge in [-0.3, -0.25) is 0 Å². The minimum absolute atomic E-state index is 0. The predicted molar refractivity (Wildman–Crippen MR) is 72.1 cm³/mol. The molecule has 4 nitrogen and oxygen atoms in total. The van der Waals surface area contributed by atoms with Gasteiger partial charge in [0.1, 0.15) is 10.7 Å². The first-order valence-electron chi connectivity index (χ1n) is 4.87. The molecule has 0 aliphatic heterocycles. The van der Waals surface area contributed by atoms with Crippen molar-refractivity contribution in [3.8, 4) is 0 Å². The van der Waals surface area contributed by atoms with Crippen LogP contribution in [0, 0.1) is 5.82 Å². The fourth-order valence-corrected chi connectivity index (χ4v) is 3.08. The lowest BCUT2D eigenvalue weighted by molar-refractivity contribution is 0.462. The van der Waals surface area contributed by atoms with Gasteiger partial charge in [0.15, 0.2) is 0 Å². The number of sulfonamides is 1. The molecule has 0 saturated heterocycles. The van der Waals surface area contributed by atoms with Crippen molar-refractivity contribution >= 4 is 34.0 Å². The molecule has 0 amide bonds. The van der Waals surface area contributed by atoms with Gasteiger partial charge in [0.2, 0.25) is 10.0 Å². The van der Waals surface area contributed by atoms with Crippen molar-refractivity contribution in [3.63, 3.8) is 0 Å². The van der Waals surface area contributed by atoms with Crippen molar-refractivity contribution in [3.05, 3.63) is 29.0 Å². The molecule has 1 aromatic rings. The summed E-state index contributed by atoms with van der Waals surface area (Å²) >= 11 is 5.74. The van der Waals surface area contributed by atoms with E-state index in [1.165, 1.54) is 6.07 Å². The van der Waals surface area contributed by atoms with Gasteiger partial charge in [-0.1, -0.05) is 11.6 Å². The summed E-state index contributed by atoms with van der Waals surface area (Å²) in [7, 11) is -3.89. The summed E-state index contributed by atoms with van der Waals surface area (Å²) in [6.45, 7) is 3.36. The highest BCUT2D eigenvalue weighted by molar-refractivity contribution is 7.89. The molecule has 0 saturated carbocycles. The maximum atomic E-state index is 13.0. The highest BCUT2D eigenvalue weighted by Gasteiger charge is 2.26. The van der Waals surface area contributed by atoms with Gasteiger partial charge in [-0.05, 0) is 32.0 Å².